The largest absolute Gasteiger partial charge is 0.478 e. The van der Waals surface area contributed by atoms with E-state index < -0.39 is 31.1 Å². The number of carboxylic acids is 1. The number of anilines is 1. The Morgan fingerprint density at radius 3 is 2.52 bits per heavy atom. The first kappa shape index (κ1) is 15.7. The molecule has 0 atom stereocenters. The Labute approximate surface area is 122 Å². The molecular weight excluding hydrogens is 320 g/mol. The fourth-order valence-corrected chi connectivity index (χ4v) is 5.24. The van der Waals surface area contributed by atoms with Gasteiger partial charge in [-0.25, -0.2) is 26.6 Å². The number of pyridine rings is 1. The molecule has 2 rings (SSSR count). The molecule has 0 aliphatic carbocycles. The summed E-state index contributed by atoms with van der Waals surface area (Å²) < 4.78 is 49.1. The van der Waals surface area contributed by atoms with E-state index in [0.717, 1.165) is 6.07 Å². The zero-order chi connectivity index (χ0) is 15.7. The molecule has 1 aliphatic rings. The lowest BCUT2D eigenvalue weighted by Crippen LogP contribution is -2.36. The normalized spacial score (nSPS) is 19.0. The lowest BCUT2D eigenvalue weighted by atomic mass is 10.2. The van der Waals surface area contributed by atoms with E-state index in [4.69, 9.17) is 5.11 Å². The van der Waals surface area contributed by atoms with Crippen molar-refractivity contribution in [2.24, 2.45) is 0 Å². The second kappa shape index (κ2) is 5.60. The van der Waals surface area contributed by atoms with Gasteiger partial charge in [-0.05, 0) is 25.0 Å². The molecule has 1 fully saturated rings. The average Bonchev–Trinajstić information content (AvgIpc) is 2.37. The standard InChI is InChI=1S/C11H14N2O6S2/c14-11(15)8-1-4-12-10(7-8)13-21(18,19)9-2-5-20(16,17)6-3-9/h1,4,7,9H,2-3,5-6H2,(H,12,13)(H,14,15). The second-order valence-corrected chi connectivity index (χ2v) is 9.00. The average molecular weight is 334 g/mol. The fraction of sp³-hybridized carbons (Fsp3) is 0.455. The highest BCUT2D eigenvalue weighted by atomic mass is 32.2. The Morgan fingerprint density at radius 1 is 1.33 bits per heavy atom. The Balaban J connectivity index is 2.15. The molecule has 0 unspecified atom stereocenters. The van der Waals surface area contributed by atoms with E-state index >= 15 is 0 Å². The van der Waals surface area contributed by atoms with Crippen LogP contribution in [0.25, 0.3) is 0 Å². The van der Waals surface area contributed by atoms with Gasteiger partial charge in [-0.2, -0.15) is 0 Å². The third-order valence-corrected chi connectivity index (χ3v) is 6.75. The minimum Gasteiger partial charge on any atom is -0.478 e. The van der Waals surface area contributed by atoms with Gasteiger partial charge in [-0.15, -0.1) is 0 Å². The van der Waals surface area contributed by atoms with Gasteiger partial charge in [-0.1, -0.05) is 0 Å². The van der Waals surface area contributed by atoms with Crippen LogP contribution in [0.5, 0.6) is 0 Å². The highest BCUT2D eigenvalue weighted by Crippen LogP contribution is 2.21. The summed E-state index contributed by atoms with van der Waals surface area (Å²) in [7, 11) is -6.95. The smallest absolute Gasteiger partial charge is 0.335 e. The molecule has 116 valence electrons. The molecule has 0 saturated carbocycles. The maximum atomic E-state index is 12.2. The molecule has 0 radical (unpaired) electrons. The van der Waals surface area contributed by atoms with Crippen LogP contribution in [0.1, 0.15) is 23.2 Å². The van der Waals surface area contributed by atoms with Crippen molar-refractivity contribution in [2.45, 2.75) is 18.1 Å². The summed E-state index contributed by atoms with van der Waals surface area (Å²) in [5.74, 6) is -1.62. The summed E-state index contributed by atoms with van der Waals surface area (Å²) in [5.41, 5.74) is -0.0890. The summed E-state index contributed by atoms with van der Waals surface area (Å²) >= 11 is 0. The van der Waals surface area contributed by atoms with Crippen LogP contribution in [-0.4, -0.2) is 49.7 Å². The number of carbonyl (C=O) groups is 1. The van der Waals surface area contributed by atoms with Gasteiger partial charge in [0.2, 0.25) is 10.0 Å². The van der Waals surface area contributed by atoms with Gasteiger partial charge in [0.05, 0.1) is 22.3 Å². The third kappa shape index (κ3) is 3.91. The number of aromatic nitrogens is 1. The molecular formula is C11H14N2O6S2. The van der Waals surface area contributed by atoms with Gasteiger partial charge >= 0.3 is 5.97 Å². The predicted molar refractivity (Wildman–Crippen MR) is 75.4 cm³/mol. The molecule has 10 heteroatoms. The van der Waals surface area contributed by atoms with Crippen molar-refractivity contribution in [3.8, 4) is 0 Å². The summed E-state index contributed by atoms with van der Waals surface area (Å²) in [4.78, 5) is 14.6. The summed E-state index contributed by atoms with van der Waals surface area (Å²) in [6.07, 6.45) is 1.24. The van der Waals surface area contributed by atoms with Gasteiger partial charge in [0.15, 0.2) is 0 Å². The van der Waals surface area contributed by atoms with Gasteiger partial charge in [-0.3, -0.25) is 4.72 Å². The number of carboxylic acid groups (broad SMARTS) is 1. The van der Waals surface area contributed by atoms with Crippen LogP contribution in [0.2, 0.25) is 0 Å². The van der Waals surface area contributed by atoms with Gasteiger partial charge in [0.25, 0.3) is 0 Å². The predicted octanol–water partition coefficient (Wildman–Crippen LogP) is 0.0987. The van der Waals surface area contributed by atoms with Crippen LogP contribution in [-0.2, 0) is 19.9 Å². The van der Waals surface area contributed by atoms with Crippen LogP contribution in [0.4, 0.5) is 5.82 Å². The van der Waals surface area contributed by atoms with Crippen molar-refractivity contribution in [1.82, 2.24) is 4.98 Å². The summed E-state index contributed by atoms with van der Waals surface area (Å²) in [6.45, 7) is 0. The molecule has 1 aliphatic heterocycles. The van der Waals surface area contributed by atoms with E-state index in [9.17, 15) is 21.6 Å². The minimum absolute atomic E-state index is 0.0241. The molecule has 0 aromatic carbocycles. The number of hydrogen-bond acceptors (Lipinski definition) is 6. The van der Waals surface area contributed by atoms with Crippen molar-refractivity contribution >= 4 is 31.6 Å². The molecule has 8 nitrogen and oxygen atoms in total. The van der Waals surface area contributed by atoms with E-state index in [-0.39, 0.29) is 35.7 Å². The quantitative estimate of drug-likeness (QED) is 0.798. The van der Waals surface area contributed by atoms with Crippen LogP contribution in [0.15, 0.2) is 18.3 Å². The van der Waals surface area contributed by atoms with Crippen LogP contribution < -0.4 is 4.72 Å². The van der Waals surface area contributed by atoms with Crippen molar-refractivity contribution in [2.75, 3.05) is 16.2 Å². The summed E-state index contributed by atoms with van der Waals surface area (Å²) in [6, 6.07) is 2.35. The number of rotatable bonds is 4. The number of nitrogens with one attached hydrogen (secondary N) is 1. The number of aromatic carboxylic acids is 1. The van der Waals surface area contributed by atoms with Crippen molar-refractivity contribution in [3.05, 3.63) is 23.9 Å². The van der Waals surface area contributed by atoms with Crippen molar-refractivity contribution < 1.29 is 26.7 Å². The lowest BCUT2D eigenvalue weighted by molar-refractivity contribution is 0.0696. The van der Waals surface area contributed by atoms with E-state index in [1.54, 1.807) is 0 Å². The van der Waals surface area contributed by atoms with Crippen molar-refractivity contribution in [1.29, 1.82) is 0 Å². The molecule has 21 heavy (non-hydrogen) atoms. The van der Waals surface area contributed by atoms with E-state index in [1.165, 1.54) is 12.3 Å². The zero-order valence-corrected chi connectivity index (χ0v) is 12.5. The Hall–Kier alpha value is -1.68. The third-order valence-electron chi connectivity index (χ3n) is 3.19. The molecule has 0 amide bonds. The second-order valence-electron chi connectivity index (χ2n) is 4.73. The SMILES string of the molecule is O=C(O)c1ccnc(NS(=O)(=O)C2CCS(=O)(=O)CC2)c1. The highest BCUT2D eigenvalue weighted by Gasteiger charge is 2.33. The zero-order valence-electron chi connectivity index (χ0n) is 10.9. The highest BCUT2D eigenvalue weighted by molar-refractivity contribution is 7.94. The maximum Gasteiger partial charge on any atom is 0.335 e. The molecule has 1 aromatic heterocycles. The molecule has 1 aromatic rings. The first-order chi connectivity index (χ1) is 9.70. The van der Waals surface area contributed by atoms with Crippen LogP contribution in [0.3, 0.4) is 0 Å². The number of sulfone groups is 1. The fourth-order valence-electron chi connectivity index (χ4n) is 2.03. The van der Waals surface area contributed by atoms with Crippen LogP contribution in [0, 0.1) is 0 Å². The number of nitrogens with zero attached hydrogens (tertiary/aromatic N) is 1. The van der Waals surface area contributed by atoms with Crippen molar-refractivity contribution in [3.63, 3.8) is 0 Å². The van der Waals surface area contributed by atoms with E-state index in [0.29, 0.717) is 0 Å². The first-order valence-electron chi connectivity index (χ1n) is 6.11. The van der Waals surface area contributed by atoms with Gasteiger partial charge in [0, 0.05) is 6.20 Å². The van der Waals surface area contributed by atoms with E-state index in [1.807, 2.05) is 0 Å². The molecule has 2 heterocycles. The van der Waals surface area contributed by atoms with Gasteiger partial charge < -0.3 is 5.11 Å². The Bertz CT molecular complexity index is 743. The van der Waals surface area contributed by atoms with Gasteiger partial charge in [0.1, 0.15) is 15.7 Å². The lowest BCUT2D eigenvalue weighted by Gasteiger charge is -2.22. The monoisotopic (exact) mass is 334 g/mol. The Kier molecular flexibility index (Phi) is 4.19. The topological polar surface area (TPSA) is 130 Å². The number of hydrogen-bond donors (Lipinski definition) is 2. The molecule has 0 bridgehead atoms. The van der Waals surface area contributed by atoms with Crippen LogP contribution >= 0.6 is 0 Å². The van der Waals surface area contributed by atoms with E-state index in [2.05, 4.69) is 9.71 Å². The minimum atomic E-state index is -3.80. The maximum absolute atomic E-state index is 12.2. The molecule has 0 spiro atoms. The first-order valence-corrected chi connectivity index (χ1v) is 9.48. The molecule has 2 N–H and O–H groups in total. The number of sulfonamides is 1. The Morgan fingerprint density at radius 2 is 1.95 bits per heavy atom. The molecule has 1 saturated heterocycles. The summed E-state index contributed by atoms with van der Waals surface area (Å²) in [5, 5.41) is 8.02.